The van der Waals surface area contributed by atoms with E-state index < -0.39 is 0 Å². The second-order valence-electron chi connectivity index (χ2n) is 4.13. The van der Waals surface area contributed by atoms with Gasteiger partial charge in [0.25, 0.3) is 5.91 Å². The molecule has 7 heteroatoms. The Morgan fingerprint density at radius 3 is 3.00 bits per heavy atom. The van der Waals surface area contributed by atoms with Gasteiger partial charge in [-0.05, 0) is 19.9 Å². The number of rotatable bonds is 4. The number of hydrogen-bond donors (Lipinski definition) is 2. The maximum Gasteiger partial charge on any atom is 0.255 e. The highest BCUT2D eigenvalue weighted by molar-refractivity contribution is 5.98. The predicted molar refractivity (Wildman–Crippen MR) is 70.3 cm³/mol. The van der Waals surface area contributed by atoms with Crippen LogP contribution in [-0.2, 0) is 13.1 Å². The molecule has 7 nitrogen and oxygen atoms in total. The lowest BCUT2D eigenvalue weighted by Crippen LogP contribution is -2.25. The van der Waals surface area contributed by atoms with Gasteiger partial charge < -0.3 is 15.6 Å². The van der Waals surface area contributed by atoms with Gasteiger partial charge in [-0.3, -0.25) is 9.78 Å². The lowest BCUT2D eigenvalue weighted by molar-refractivity contribution is 0.0950. The van der Waals surface area contributed by atoms with Gasteiger partial charge in [0.05, 0.1) is 12.1 Å². The van der Waals surface area contributed by atoms with Gasteiger partial charge in [-0.1, -0.05) is 0 Å². The molecule has 0 aliphatic heterocycles. The predicted octanol–water partition coefficient (Wildman–Crippen LogP) is 0.514. The number of nitrogen functional groups attached to an aromatic ring is 1. The van der Waals surface area contributed by atoms with Crippen LogP contribution in [-0.4, -0.2) is 25.7 Å². The third kappa shape index (κ3) is 2.87. The fourth-order valence-corrected chi connectivity index (χ4v) is 1.71. The van der Waals surface area contributed by atoms with Crippen molar-refractivity contribution < 1.29 is 4.79 Å². The van der Waals surface area contributed by atoms with Crippen molar-refractivity contribution in [2.45, 2.75) is 26.9 Å². The van der Waals surface area contributed by atoms with Crippen LogP contribution in [0.4, 0.5) is 5.69 Å². The van der Waals surface area contributed by atoms with Crippen molar-refractivity contribution in [3.05, 3.63) is 35.7 Å². The van der Waals surface area contributed by atoms with E-state index in [-0.39, 0.29) is 5.91 Å². The van der Waals surface area contributed by atoms with Crippen molar-refractivity contribution in [1.29, 1.82) is 0 Å². The maximum atomic E-state index is 12.0. The van der Waals surface area contributed by atoms with Crippen molar-refractivity contribution in [2.75, 3.05) is 5.73 Å². The van der Waals surface area contributed by atoms with Gasteiger partial charge in [0.15, 0.2) is 5.82 Å². The van der Waals surface area contributed by atoms with E-state index in [2.05, 4.69) is 20.5 Å². The first-order valence-corrected chi connectivity index (χ1v) is 5.98. The quantitative estimate of drug-likeness (QED) is 0.834. The van der Waals surface area contributed by atoms with Gasteiger partial charge >= 0.3 is 0 Å². The molecule has 2 aromatic rings. The number of nitrogens with zero attached hydrogens (tertiary/aromatic N) is 4. The number of pyridine rings is 1. The van der Waals surface area contributed by atoms with E-state index in [1.54, 1.807) is 12.4 Å². The fourth-order valence-electron chi connectivity index (χ4n) is 1.71. The number of carbonyl (C=O) groups excluding carboxylic acids is 1. The molecule has 1 amide bonds. The molecule has 3 N–H and O–H groups in total. The van der Waals surface area contributed by atoms with E-state index in [0.717, 1.165) is 12.2 Å². The highest BCUT2D eigenvalue weighted by Crippen LogP contribution is 2.11. The zero-order valence-electron chi connectivity index (χ0n) is 10.9. The van der Waals surface area contributed by atoms with Crippen LogP contribution >= 0.6 is 0 Å². The van der Waals surface area contributed by atoms with Crippen LogP contribution in [0.15, 0.2) is 18.6 Å². The topological polar surface area (TPSA) is 98.7 Å². The third-order valence-corrected chi connectivity index (χ3v) is 2.76. The number of hydrogen-bond acceptors (Lipinski definition) is 5. The highest BCUT2D eigenvalue weighted by Gasteiger charge is 2.11. The summed E-state index contributed by atoms with van der Waals surface area (Å²) in [6, 6.07) is 1.67. The summed E-state index contributed by atoms with van der Waals surface area (Å²) in [5, 5.41) is 10.5. The van der Waals surface area contributed by atoms with Crippen molar-refractivity contribution in [2.24, 2.45) is 0 Å². The van der Waals surface area contributed by atoms with Gasteiger partial charge in [-0.2, -0.15) is 0 Å². The number of nitrogens with two attached hydrogens (primary N) is 1. The molecule has 2 heterocycles. The molecule has 0 saturated heterocycles. The molecule has 0 bridgehead atoms. The molecule has 2 rings (SSSR count). The molecule has 2 aromatic heterocycles. The zero-order valence-corrected chi connectivity index (χ0v) is 10.9. The average molecular weight is 260 g/mol. The Hall–Kier alpha value is -2.44. The van der Waals surface area contributed by atoms with Crippen molar-refractivity contribution in [3.63, 3.8) is 0 Å². The van der Waals surface area contributed by atoms with Crippen molar-refractivity contribution in [1.82, 2.24) is 25.1 Å². The summed E-state index contributed by atoms with van der Waals surface area (Å²) in [7, 11) is 0. The average Bonchev–Trinajstić information content (AvgIpc) is 2.83. The van der Waals surface area contributed by atoms with Crippen LogP contribution in [0.2, 0.25) is 0 Å². The van der Waals surface area contributed by atoms with Crippen LogP contribution in [0.1, 0.15) is 28.8 Å². The molecule has 0 aliphatic carbocycles. The molecule has 0 atom stereocenters. The summed E-state index contributed by atoms with van der Waals surface area (Å²) in [6.45, 7) is 4.87. The summed E-state index contributed by atoms with van der Waals surface area (Å²) in [5.41, 5.74) is 7.36. The van der Waals surface area contributed by atoms with E-state index >= 15 is 0 Å². The van der Waals surface area contributed by atoms with Crippen LogP contribution in [0.3, 0.4) is 0 Å². The Labute approximate surface area is 110 Å². The van der Waals surface area contributed by atoms with Gasteiger partial charge in [-0.15, -0.1) is 10.2 Å². The number of aromatic nitrogens is 4. The summed E-state index contributed by atoms with van der Waals surface area (Å²) >= 11 is 0. The first-order valence-electron chi connectivity index (χ1n) is 5.98. The minimum atomic E-state index is -0.268. The zero-order chi connectivity index (χ0) is 13.8. The lowest BCUT2D eigenvalue weighted by Gasteiger charge is -2.08. The molecule has 0 aliphatic rings. The van der Waals surface area contributed by atoms with Gasteiger partial charge in [0.1, 0.15) is 6.33 Å². The van der Waals surface area contributed by atoms with E-state index in [9.17, 15) is 4.79 Å². The van der Waals surface area contributed by atoms with Crippen LogP contribution in [0.5, 0.6) is 0 Å². The second-order valence-corrected chi connectivity index (χ2v) is 4.13. The monoisotopic (exact) mass is 260 g/mol. The third-order valence-electron chi connectivity index (χ3n) is 2.76. The molecular weight excluding hydrogens is 244 g/mol. The Bertz CT molecular complexity index is 592. The molecule has 19 heavy (non-hydrogen) atoms. The lowest BCUT2D eigenvalue weighted by atomic mass is 10.2. The number of amides is 1. The molecule has 0 aromatic carbocycles. The van der Waals surface area contributed by atoms with E-state index in [0.29, 0.717) is 23.6 Å². The summed E-state index contributed by atoms with van der Waals surface area (Å²) < 4.78 is 1.86. The number of nitrogens with one attached hydrogen (secondary N) is 1. The van der Waals surface area contributed by atoms with Crippen LogP contribution in [0, 0.1) is 6.92 Å². The van der Waals surface area contributed by atoms with E-state index in [1.165, 1.54) is 6.20 Å². The molecular formula is C12H16N6O. The van der Waals surface area contributed by atoms with E-state index in [1.807, 2.05) is 18.4 Å². The Morgan fingerprint density at radius 2 is 2.32 bits per heavy atom. The molecule has 0 spiro atoms. The fraction of sp³-hybridized carbons (Fsp3) is 0.333. The second kappa shape index (κ2) is 5.47. The Balaban J connectivity index is 2.05. The highest BCUT2D eigenvalue weighted by atomic mass is 16.1. The summed E-state index contributed by atoms with van der Waals surface area (Å²) in [5.74, 6) is 0.435. The first kappa shape index (κ1) is 13.0. The molecule has 0 unspecified atom stereocenters. The number of carbonyl (C=O) groups is 1. The van der Waals surface area contributed by atoms with Gasteiger partial charge in [0.2, 0.25) is 0 Å². The molecule has 100 valence electrons. The number of anilines is 1. The van der Waals surface area contributed by atoms with Crippen LogP contribution < -0.4 is 11.1 Å². The first-order chi connectivity index (χ1) is 9.11. The summed E-state index contributed by atoms with van der Waals surface area (Å²) in [6.07, 6.45) is 3.10. The van der Waals surface area contributed by atoms with Crippen LogP contribution in [0.25, 0.3) is 0 Å². The van der Waals surface area contributed by atoms with Crippen molar-refractivity contribution >= 4 is 11.6 Å². The molecule has 0 fully saturated rings. The Morgan fingerprint density at radius 1 is 1.53 bits per heavy atom. The normalized spacial score (nSPS) is 10.4. The SMILES string of the molecule is CCn1cnnc1CNC(=O)c1cnc(C)cc1N. The number of aryl methyl sites for hydroxylation is 2. The van der Waals surface area contributed by atoms with Gasteiger partial charge in [-0.25, -0.2) is 0 Å². The van der Waals surface area contributed by atoms with Gasteiger partial charge in [0, 0.05) is 24.1 Å². The largest absolute Gasteiger partial charge is 0.398 e. The maximum absolute atomic E-state index is 12.0. The minimum Gasteiger partial charge on any atom is -0.398 e. The molecule has 0 saturated carbocycles. The smallest absolute Gasteiger partial charge is 0.255 e. The standard InChI is InChI=1S/C12H16N6O/c1-3-18-7-16-17-11(18)6-15-12(19)9-5-14-8(2)4-10(9)13/h4-5,7H,3,6H2,1-2H3,(H2,13,14)(H,15,19). The minimum absolute atomic E-state index is 0.268. The van der Waals surface area contributed by atoms with E-state index in [4.69, 9.17) is 5.73 Å². The molecule has 0 radical (unpaired) electrons. The Kier molecular flexibility index (Phi) is 3.74. The summed E-state index contributed by atoms with van der Waals surface area (Å²) in [4.78, 5) is 16.0. The van der Waals surface area contributed by atoms with Crippen molar-refractivity contribution in [3.8, 4) is 0 Å².